The van der Waals surface area contributed by atoms with Crippen LogP contribution in [0.25, 0.3) is 0 Å². The molecule has 1 rings (SSSR count). The van der Waals surface area contributed by atoms with Crippen molar-refractivity contribution >= 4 is 10.0 Å². The lowest BCUT2D eigenvalue weighted by atomic mass is 10.3. The van der Waals surface area contributed by atoms with Gasteiger partial charge in [0.25, 0.3) is 0 Å². The zero-order valence-electron chi connectivity index (χ0n) is 8.92. The molecule has 0 aliphatic carbocycles. The lowest BCUT2D eigenvalue weighted by Gasteiger charge is -2.16. The van der Waals surface area contributed by atoms with E-state index in [1.807, 2.05) is 0 Å². The van der Waals surface area contributed by atoms with Crippen LogP contribution in [0.4, 0.5) is 13.2 Å². The number of alkyl halides is 3. The first-order valence-electron chi connectivity index (χ1n) is 4.91. The smallest absolute Gasteiger partial charge is 0.212 e. The molecule has 0 aromatic carbocycles. The average molecular weight is 257 g/mol. The van der Waals surface area contributed by atoms with Crippen LogP contribution in [-0.4, -0.2) is 37.7 Å². The highest BCUT2D eigenvalue weighted by molar-refractivity contribution is 7.89. The first-order chi connectivity index (χ1) is 7.21. The summed E-state index contributed by atoms with van der Waals surface area (Å²) in [5.41, 5.74) is 0.930. The molecule has 0 bridgehead atoms. The summed E-state index contributed by atoms with van der Waals surface area (Å²) in [6.45, 7) is 2.37. The molecule has 0 spiro atoms. The van der Waals surface area contributed by atoms with Gasteiger partial charge in [0.2, 0.25) is 10.0 Å². The van der Waals surface area contributed by atoms with Gasteiger partial charge in [0.15, 0.2) is 0 Å². The van der Waals surface area contributed by atoms with Crippen molar-refractivity contribution in [2.45, 2.75) is 25.9 Å². The van der Waals surface area contributed by atoms with E-state index in [1.54, 1.807) is 13.0 Å². The zero-order chi connectivity index (χ0) is 12.4. The topological polar surface area (TPSA) is 37.4 Å². The highest BCUT2D eigenvalue weighted by Gasteiger charge is 2.29. The largest absolute Gasteiger partial charge is 0.389 e. The molecule has 94 valence electrons. The Labute approximate surface area is 93.0 Å². The number of hydrogen-bond acceptors (Lipinski definition) is 2. The second-order valence-electron chi connectivity index (χ2n) is 3.88. The van der Waals surface area contributed by atoms with E-state index >= 15 is 0 Å². The van der Waals surface area contributed by atoms with Gasteiger partial charge in [0, 0.05) is 19.5 Å². The van der Waals surface area contributed by atoms with Crippen molar-refractivity contribution in [3.63, 3.8) is 0 Å². The van der Waals surface area contributed by atoms with Crippen molar-refractivity contribution in [1.82, 2.24) is 4.31 Å². The fraction of sp³-hybridized carbons (Fsp3) is 0.778. The number of halogens is 3. The quantitative estimate of drug-likeness (QED) is 0.722. The maximum atomic E-state index is 11.9. The lowest BCUT2D eigenvalue weighted by Crippen LogP contribution is -2.31. The Bertz CT molecular complexity index is 373. The molecule has 0 fully saturated rings. The molecule has 16 heavy (non-hydrogen) atoms. The highest BCUT2D eigenvalue weighted by atomic mass is 32.2. The van der Waals surface area contributed by atoms with Crippen LogP contribution < -0.4 is 0 Å². The highest BCUT2D eigenvalue weighted by Crippen LogP contribution is 2.22. The fourth-order valence-electron chi connectivity index (χ4n) is 1.46. The molecule has 0 saturated heterocycles. The molecule has 1 heterocycles. The molecule has 7 heteroatoms. The summed E-state index contributed by atoms with van der Waals surface area (Å²) in [4.78, 5) is 0. The van der Waals surface area contributed by atoms with Crippen LogP contribution in [0.3, 0.4) is 0 Å². The normalized spacial score (nSPS) is 18.9. The van der Waals surface area contributed by atoms with Crippen molar-refractivity contribution in [1.29, 1.82) is 0 Å². The number of sulfonamides is 1. The third kappa shape index (κ3) is 4.13. The molecule has 0 radical (unpaired) electrons. The summed E-state index contributed by atoms with van der Waals surface area (Å²) in [6, 6.07) is 0. The second kappa shape index (κ2) is 4.75. The lowest BCUT2D eigenvalue weighted by molar-refractivity contribution is -0.134. The molecule has 3 nitrogen and oxygen atoms in total. The second-order valence-corrected chi connectivity index (χ2v) is 5.97. The van der Waals surface area contributed by atoms with Gasteiger partial charge in [-0.15, -0.1) is 0 Å². The molecule has 0 aromatic heterocycles. The third-order valence-corrected chi connectivity index (χ3v) is 4.19. The van der Waals surface area contributed by atoms with Crippen molar-refractivity contribution in [2.75, 3.05) is 18.8 Å². The van der Waals surface area contributed by atoms with Crippen molar-refractivity contribution in [3.8, 4) is 0 Å². The van der Waals surface area contributed by atoms with Gasteiger partial charge >= 0.3 is 6.18 Å². The Morgan fingerprint density at radius 1 is 1.44 bits per heavy atom. The molecular formula is C9H14F3NO2S. The van der Waals surface area contributed by atoms with Gasteiger partial charge in [-0.25, -0.2) is 8.42 Å². The summed E-state index contributed by atoms with van der Waals surface area (Å²) in [5.74, 6) is -0.437. The van der Waals surface area contributed by atoms with E-state index < -0.39 is 28.4 Å². The number of rotatable bonds is 4. The van der Waals surface area contributed by atoms with E-state index in [2.05, 4.69) is 0 Å². The summed E-state index contributed by atoms with van der Waals surface area (Å²) >= 11 is 0. The minimum absolute atomic E-state index is 0.278. The average Bonchev–Trinajstić information content (AvgIpc) is 2.49. The van der Waals surface area contributed by atoms with Crippen molar-refractivity contribution in [3.05, 3.63) is 11.6 Å². The van der Waals surface area contributed by atoms with Crippen LogP contribution in [0.5, 0.6) is 0 Å². The van der Waals surface area contributed by atoms with E-state index in [0.29, 0.717) is 6.54 Å². The van der Waals surface area contributed by atoms with Gasteiger partial charge in [-0.3, -0.25) is 0 Å². The van der Waals surface area contributed by atoms with Crippen LogP contribution in [-0.2, 0) is 10.0 Å². The Balaban J connectivity index is 2.42. The Kier molecular flexibility index (Phi) is 4.01. The number of nitrogens with zero attached hydrogens (tertiary/aromatic N) is 1. The van der Waals surface area contributed by atoms with Crippen LogP contribution in [0.2, 0.25) is 0 Å². The Morgan fingerprint density at radius 3 is 2.50 bits per heavy atom. The predicted molar refractivity (Wildman–Crippen MR) is 54.4 cm³/mol. The molecule has 0 aromatic rings. The molecule has 1 aliphatic heterocycles. The van der Waals surface area contributed by atoms with E-state index in [0.717, 1.165) is 5.57 Å². The van der Waals surface area contributed by atoms with Gasteiger partial charge in [0.05, 0.1) is 5.75 Å². The molecular weight excluding hydrogens is 243 g/mol. The van der Waals surface area contributed by atoms with Gasteiger partial charge in [-0.05, 0) is 13.3 Å². The predicted octanol–water partition coefficient (Wildman–Crippen LogP) is 1.92. The minimum Gasteiger partial charge on any atom is -0.212 e. The molecule has 0 N–H and O–H groups in total. The Hall–Kier alpha value is -0.560. The summed E-state index contributed by atoms with van der Waals surface area (Å²) < 4.78 is 59.9. The number of hydrogen-bond donors (Lipinski definition) is 0. The SMILES string of the molecule is CC1=CCN(S(=O)(=O)CCCC(F)(F)F)C1. The summed E-state index contributed by atoms with van der Waals surface area (Å²) in [7, 11) is -3.53. The van der Waals surface area contributed by atoms with Gasteiger partial charge in [-0.1, -0.05) is 11.6 Å². The van der Waals surface area contributed by atoms with Crippen LogP contribution in [0.15, 0.2) is 11.6 Å². The van der Waals surface area contributed by atoms with Crippen LogP contribution in [0, 0.1) is 0 Å². The summed E-state index contributed by atoms with van der Waals surface area (Å²) in [6.07, 6.45) is -3.94. The molecule has 0 atom stereocenters. The minimum atomic E-state index is -4.28. The zero-order valence-corrected chi connectivity index (χ0v) is 9.74. The maximum Gasteiger partial charge on any atom is 0.389 e. The molecule has 0 saturated carbocycles. The summed E-state index contributed by atoms with van der Waals surface area (Å²) in [5, 5.41) is 0. The van der Waals surface area contributed by atoms with E-state index in [-0.39, 0.29) is 13.0 Å². The van der Waals surface area contributed by atoms with Crippen LogP contribution >= 0.6 is 0 Å². The third-order valence-electron chi connectivity index (χ3n) is 2.33. The molecule has 0 amide bonds. The van der Waals surface area contributed by atoms with Crippen molar-refractivity contribution in [2.24, 2.45) is 0 Å². The Morgan fingerprint density at radius 2 is 2.06 bits per heavy atom. The van der Waals surface area contributed by atoms with E-state index in [4.69, 9.17) is 0 Å². The monoisotopic (exact) mass is 257 g/mol. The first-order valence-corrected chi connectivity index (χ1v) is 6.52. The van der Waals surface area contributed by atoms with Crippen molar-refractivity contribution < 1.29 is 21.6 Å². The van der Waals surface area contributed by atoms with E-state index in [9.17, 15) is 21.6 Å². The standard InChI is InChI=1S/C9H14F3NO2S/c1-8-3-5-13(7-8)16(14,15)6-2-4-9(10,11)12/h3H,2,4-7H2,1H3. The van der Waals surface area contributed by atoms with Crippen LogP contribution in [0.1, 0.15) is 19.8 Å². The maximum absolute atomic E-state index is 11.9. The molecule has 0 unspecified atom stereocenters. The van der Waals surface area contributed by atoms with Gasteiger partial charge in [-0.2, -0.15) is 17.5 Å². The van der Waals surface area contributed by atoms with E-state index in [1.165, 1.54) is 4.31 Å². The van der Waals surface area contributed by atoms with Gasteiger partial charge in [0.1, 0.15) is 0 Å². The molecule has 1 aliphatic rings. The first kappa shape index (κ1) is 13.5. The fourth-order valence-corrected chi connectivity index (χ4v) is 2.93. The van der Waals surface area contributed by atoms with Gasteiger partial charge < -0.3 is 0 Å².